The predicted octanol–water partition coefficient (Wildman–Crippen LogP) is 12.0. The summed E-state index contributed by atoms with van der Waals surface area (Å²) in [5.41, 5.74) is 0. The fourth-order valence-corrected chi connectivity index (χ4v) is 4.89. The summed E-state index contributed by atoms with van der Waals surface area (Å²) in [5.74, 6) is 0.0160. The molecule has 0 aliphatic heterocycles. The Morgan fingerprint density at radius 2 is 0.795 bits per heavy atom. The minimum absolute atomic E-state index is 0.0160. The Bertz CT molecular complexity index is 460. The van der Waals surface area contributed by atoms with E-state index in [1.807, 2.05) is 0 Å². The van der Waals surface area contributed by atoms with Crippen LogP contribution in [0.5, 0.6) is 0 Å². The zero-order valence-electron chi connectivity index (χ0n) is 27.1. The molecule has 3 nitrogen and oxygen atoms in total. The van der Waals surface area contributed by atoms with Gasteiger partial charge >= 0.3 is 5.97 Å². The van der Waals surface area contributed by atoms with E-state index in [2.05, 4.69) is 26.0 Å². The van der Waals surface area contributed by atoms with Gasteiger partial charge in [-0.1, -0.05) is 161 Å². The normalized spacial score (nSPS) is 11.1. The summed E-state index contributed by atoms with van der Waals surface area (Å²) >= 11 is 0. The second-order valence-electron chi connectivity index (χ2n) is 11.5. The Hall–Kier alpha value is -0.830. The fourth-order valence-electron chi connectivity index (χ4n) is 4.89. The summed E-state index contributed by atoms with van der Waals surface area (Å²) in [5, 5.41) is 7.57. The summed E-state index contributed by atoms with van der Waals surface area (Å²) in [6.07, 6.45) is 41.2. The van der Waals surface area contributed by atoms with Crippen LogP contribution in [-0.2, 0) is 9.53 Å². The van der Waals surface area contributed by atoms with E-state index in [-0.39, 0.29) is 12.6 Å². The number of hydrogen-bond donors (Lipinski definition) is 1. The lowest BCUT2D eigenvalue weighted by molar-refractivity contribution is -0.143. The van der Waals surface area contributed by atoms with Crippen LogP contribution in [0.3, 0.4) is 0 Å². The number of carbonyl (C=O) groups excluding carboxylic acids is 1. The first-order valence-electron chi connectivity index (χ1n) is 17.6. The van der Waals surface area contributed by atoms with Crippen molar-refractivity contribution in [2.24, 2.45) is 0 Å². The van der Waals surface area contributed by atoms with Gasteiger partial charge in [0.25, 0.3) is 0 Å². The average Bonchev–Trinajstić information content (AvgIpc) is 2.93. The molecule has 0 spiro atoms. The molecule has 0 fully saturated rings. The van der Waals surface area contributed by atoms with Gasteiger partial charge in [-0.25, -0.2) is 0 Å². The Morgan fingerprint density at radius 3 is 1.18 bits per heavy atom. The molecule has 1 N–H and O–H groups in total. The molecule has 0 unspecified atom stereocenters. The lowest BCUT2D eigenvalue weighted by atomic mass is 10.0. The second-order valence-corrected chi connectivity index (χ2v) is 11.5. The maximum Gasteiger partial charge on any atom is 0.305 e. The number of carbonyl (C=O) groups is 1. The van der Waals surface area contributed by atoms with Crippen molar-refractivity contribution >= 4 is 5.97 Å². The first kappa shape index (κ1) is 40.3. The zero-order valence-corrected chi connectivity index (χ0v) is 27.1. The van der Waals surface area contributed by atoms with Gasteiger partial charge in [0, 0.05) is 13.0 Å². The van der Waals surface area contributed by atoms with Crippen LogP contribution in [0.15, 0.2) is 12.2 Å². The maximum atomic E-state index is 11.9. The number of hydrogen-bond acceptors (Lipinski definition) is 3. The molecule has 0 rings (SSSR count). The summed E-state index contributed by atoms with van der Waals surface area (Å²) < 4.78 is 5.42. The highest BCUT2D eigenvalue weighted by atomic mass is 16.5. The van der Waals surface area contributed by atoms with Gasteiger partial charge in [-0.05, 0) is 45.4 Å². The molecule has 0 aromatic rings. The number of rotatable bonds is 30. The number of allylic oxidation sites excluding steroid dienone is 2. The van der Waals surface area contributed by atoms with Crippen molar-refractivity contribution in [3.8, 4) is 0 Å². The number of aliphatic hydroxyl groups excluding tert-OH is 1. The zero-order chi connectivity index (χ0) is 28.9. The quantitative estimate of drug-likeness (QED) is 0.0547. The first-order valence-corrected chi connectivity index (χ1v) is 17.6. The number of ether oxygens (including phenoxy) is 1. The number of unbranched alkanes of at least 4 members (excludes halogenated alkanes) is 24. The smallest absolute Gasteiger partial charge is 0.305 e. The van der Waals surface area contributed by atoms with E-state index in [1.54, 1.807) is 6.92 Å². The van der Waals surface area contributed by atoms with Crippen LogP contribution in [-0.4, -0.2) is 24.3 Å². The van der Waals surface area contributed by atoms with Gasteiger partial charge in [-0.2, -0.15) is 0 Å². The monoisotopic (exact) mass is 553 g/mol. The molecule has 3 heteroatoms. The summed E-state index contributed by atoms with van der Waals surface area (Å²) in [6.45, 7) is 7.12. The Morgan fingerprint density at radius 1 is 0.487 bits per heavy atom. The number of aliphatic hydroxyl groups is 1. The third-order valence-corrected chi connectivity index (χ3v) is 7.40. The van der Waals surface area contributed by atoms with E-state index in [9.17, 15) is 4.79 Å². The standard InChI is InChI=1S/C34H66O2.C2H6O/c1-3-5-7-9-11-13-15-17-19-20-22-24-26-28-30-32-34(35)36-33-31-29-27-25-23-21-18-16-14-12-10-8-6-4-2;1-2-3/h17,19H,3-16,18,20-33H2,1-2H3;3H,2H2,1H3/b19-17-;. The second kappa shape index (κ2) is 39.3. The van der Waals surface area contributed by atoms with E-state index in [1.165, 1.54) is 154 Å². The Balaban J connectivity index is 0. The molecular formula is C36H72O3. The molecule has 0 saturated heterocycles. The molecule has 0 radical (unpaired) electrons. The van der Waals surface area contributed by atoms with Gasteiger partial charge in [-0.3, -0.25) is 4.79 Å². The summed E-state index contributed by atoms with van der Waals surface area (Å²) in [6, 6.07) is 0. The van der Waals surface area contributed by atoms with Crippen LogP contribution < -0.4 is 0 Å². The van der Waals surface area contributed by atoms with E-state index in [4.69, 9.17) is 9.84 Å². The lowest BCUT2D eigenvalue weighted by Gasteiger charge is -2.05. The molecular weight excluding hydrogens is 480 g/mol. The highest BCUT2D eigenvalue weighted by Crippen LogP contribution is 2.13. The van der Waals surface area contributed by atoms with Crippen LogP contribution in [0.25, 0.3) is 0 Å². The van der Waals surface area contributed by atoms with Crippen molar-refractivity contribution in [1.82, 2.24) is 0 Å². The van der Waals surface area contributed by atoms with Gasteiger partial charge in [0.05, 0.1) is 6.61 Å². The van der Waals surface area contributed by atoms with Crippen molar-refractivity contribution in [3.63, 3.8) is 0 Å². The molecule has 0 amide bonds. The summed E-state index contributed by atoms with van der Waals surface area (Å²) in [4.78, 5) is 11.9. The van der Waals surface area contributed by atoms with E-state index in [0.717, 1.165) is 19.3 Å². The molecule has 0 aromatic heterocycles. The molecule has 0 saturated carbocycles. The fraction of sp³-hybridized carbons (Fsp3) is 0.917. The first-order chi connectivity index (χ1) is 19.2. The third kappa shape index (κ3) is 41.8. The van der Waals surface area contributed by atoms with Gasteiger partial charge in [0.2, 0.25) is 0 Å². The van der Waals surface area contributed by atoms with Gasteiger partial charge in [0.1, 0.15) is 0 Å². The minimum atomic E-state index is 0.0160. The van der Waals surface area contributed by atoms with Gasteiger partial charge in [0.15, 0.2) is 0 Å². The SMILES string of the molecule is CCCCCCCC/C=C\CCCCCCCC(=O)OCCCCCCCCCCCCCCCC.CCO. The van der Waals surface area contributed by atoms with Gasteiger partial charge in [-0.15, -0.1) is 0 Å². The molecule has 0 bridgehead atoms. The van der Waals surface area contributed by atoms with Crippen molar-refractivity contribution < 1.29 is 14.6 Å². The van der Waals surface area contributed by atoms with Crippen LogP contribution in [0.2, 0.25) is 0 Å². The Labute approximate surface area is 246 Å². The summed E-state index contributed by atoms with van der Waals surface area (Å²) in [7, 11) is 0. The predicted molar refractivity (Wildman–Crippen MR) is 173 cm³/mol. The van der Waals surface area contributed by atoms with Gasteiger partial charge < -0.3 is 9.84 Å². The number of esters is 1. The van der Waals surface area contributed by atoms with Crippen LogP contribution in [0.4, 0.5) is 0 Å². The molecule has 0 aliphatic carbocycles. The topological polar surface area (TPSA) is 46.5 Å². The van der Waals surface area contributed by atoms with Crippen molar-refractivity contribution in [2.45, 2.75) is 201 Å². The minimum Gasteiger partial charge on any atom is -0.466 e. The molecule has 0 aromatic carbocycles. The third-order valence-electron chi connectivity index (χ3n) is 7.40. The lowest BCUT2D eigenvalue weighted by Crippen LogP contribution is -2.05. The molecule has 0 aliphatic rings. The van der Waals surface area contributed by atoms with Crippen LogP contribution >= 0.6 is 0 Å². The maximum absolute atomic E-state index is 11.9. The molecule has 39 heavy (non-hydrogen) atoms. The molecule has 234 valence electrons. The van der Waals surface area contributed by atoms with Crippen molar-refractivity contribution in [1.29, 1.82) is 0 Å². The van der Waals surface area contributed by atoms with Crippen LogP contribution in [0.1, 0.15) is 201 Å². The highest BCUT2D eigenvalue weighted by molar-refractivity contribution is 5.69. The van der Waals surface area contributed by atoms with Crippen molar-refractivity contribution in [3.05, 3.63) is 12.2 Å². The molecule has 0 heterocycles. The van der Waals surface area contributed by atoms with Crippen molar-refractivity contribution in [2.75, 3.05) is 13.2 Å². The average molecular weight is 553 g/mol. The van der Waals surface area contributed by atoms with Crippen LogP contribution in [0, 0.1) is 0 Å². The van der Waals surface area contributed by atoms with E-state index in [0.29, 0.717) is 13.0 Å². The van der Waals surface area contributed by atoms with E-state index >= 15 is 0 Å². The largest absolute Gasteiger partial charge is 0.466 e. The Kier molecular flexibility index (Phi) is 40.6. The van der Waals surface area contributed by atoms with E-state index < -0.39 is 0 Å². The highest BCUT2D eigenvalue weighted by Gasteiger charge is 2.02. The molecule has 0 atom stereocenters.